The normalized spacial score (nSPS) is 10.2. The Morgan fingerprint density at radius 3 is 2.73 bits per heavy atom. The standard InChI is InChI=1S/C12H13N3/c13-6-4-11-9-10(5-8-14-11)12-3-1-2-7-15-12/h1-3,5,7-9H,4,6,13H2. The largest absolute Gasteiger partial charge is 0.330 e. The highest BCUT2D eigenvalue weighted by Gasteiger charge is 1.99. The highest BCUT2D eigenvalue weighted by atomic mass is 14.7. The van der Waals surface area contributed by atoms with Gasteiger partial charge in [0.1, 0.15) is 0 Å². The van der Waals surface area contributed by atoms with E-state index < -0.39 is 0 Å². The maximum absolute atomic E-state index is 5.49. The van der Waals surface area contributed by atoms with E-state index in [0.29, 0.717) is 6.54 Å². The van der Waals surface area contributed by atoms with Crippen LogP contribution in [0.1, 0.15) is 5.69 Å². The Morgan fingerprint density at radius 1 is 1.07 bits per heavy atom. The molecule has 2 aromatic rings. The number of rotatable bonds is 3. The average molecular weight is 199 g/mol. The van der Waals surface area contributed by atoms with E-state index in [1.165, 1.54) is 0 Å². The van der Waals surface area contributed by atoms with Gasteiger partial charge < -0.3 is 5.73 Å². The fourth-order valence-corrected chi connectivity index (χ4v) is 1.46. The van der Waals surface area contributed by atoms with E-state index in [9.17, 15) is 0 Å². The van der Waals surface area contributed by atoms with Crippen LogP contribution in [-0.2, 0) is 6.42 Å². The monoisotopic (exact) mass is 199 g/mol. The summed E-state index contributed by atoms with van der Waals surface area (Å²) in [5.74, 6) is 0. The molecule has 3 heteroatoms. The van der Waals surface area contributed by atoms with Crippen LogP contribution in [0, 0.1) is 0 Å². The van der Waals surface area contributed by atoms with Crippen molar-refractivity contribution in [2.75, 3.05) is 6.54 Å². The Morgan fingerprint density at radius 2 is 2.00 bits per heavy atom. The minimum absolute atomic E-state index is 0.624. The molecule has 0 bridgehead atoms. The molecule has 0 aliphatic heterocycles. The van der Waals surface area contributed by atoms with E-state index in [1.54, 1.807) is 12.4 Å². The van der Waals surface area contributed by atoms with Gasteiger partial charge in [-0.25, -0.2) is 0 Å². The maximum atomic E-state index is 5.49. The van der Waals surface area contributed by atoms with Crippen LogP contribution in [-0.4, -0.2) is 16.5 Å². The lowest BCUT2D eigenvalue weighted by Gasteiger charge is -2.02. The van der Waals surface area contributed by atoms with Gasteiger partial charge in [0.25, 0.3) is 0 Å². The molecular weight excluding hydrogens is 186 g/mol. The van der Waals surface area contributed by atoms with Crippen LogP contribution in [0.3, 0.4) is 0 Å². The first-order chi connectivity index (χ1) is 7.40. The Bertz CT molecular complexity index is 426. The molecule has 0 atom stereocenters. The molecule has 2 aromatic heterocycles. The quantitative estimate of drug-likeness (QED) is 0.817. The molecule has 0 radical (unpaired) electrons. The van der Waals surface area contributed by atoms with Crippen molar-refractivity contribution in [3.8, 4) is 11.3 Å². The molecule has 76 valence electrons. The van der Waals surface area contributed by atoms with E-state index in [2.05, 4.69) is 9.97 Å². The third kappa shape index (κ3) is 2.39. The van der Waals surface area contributed by atoms with Gasteiger partial charge in [-0.2, -0.15) is 0 Å². The fraction of sp³-hybridized carbons (Fsp3) is 0.167. The summed E-state index contributed by atoms with van der Waals surface area (Å²) >= 11 is 0. The van der Waals surface area contributed by atoms with Crippen molar-refractivity contribution < 1.29 is 0 Å². The zero-order valence-electron chi connectivity index (χ0n) is 8.43. The third-order valence-electron chi connectivity index (χ3n) is 2.18. The predicted molar refractivity (Wildman–Crippen MR) is 60.2 cm³/mol. The molecule has 2 rings (SSSR count). The van der Waals surface area contributed by atoms with Gasteiger partial charge in [-0.15, -0.1) is 0 Å². The van der Waals surface area contributed by atoms with E-state index in [0.717, 1.165) is 23.4 Å². The van der Waals surface area contributed by atoms with Crippen molar-refractivity contribution in [3.05, 3.63) is 48.4 Å². The van der Waals surface area contributed by atoms with Gasteiger partial charge in [0.05, 0.1) is 5.69 Å². The van der Waals surface area contributed by atoms with Crippen LogP contribution >= 0.6 is 0 Å². The predicted octanol–water partition coefficient (Wildman–Crippen LogP) is 1.64. The second-order valence-corrected chi connectivity index (χ2v) is 3.29. The number of nitrogens with two attached hydrogens (primary N) is 1. The van der Waals surface area contributed by atoms with Gasteiger partial charge in [-0.05, 0) is 30.8 Å². The zero-order valence-corrected chi connectivity index (χ0v) is 8.43. The number of pyridine rings is 2. The molecule has 0 saturated carbocycles. The van der Waals surface area contributed by atoms with Crippen LogP contribution in [0.5, 0.6) is 0 Å². The molecule has 2 heterocycles. The van der Waals surface area contributed by atoms with Gasteiger partial charge in [0.15, 0.2) is 0 Å². The van der Waals surface area contributed by atoms with E-state index in [4.69, 9.17) is 5.73 Å². The molecule has 3 nitrogen and oxygen atoms in total. The lowest BCUT2D eigenvalue weighted by Crippen LogP contribution is -2.04. The molecule has 0 aliphatic carbocycles. The first-order valence-electron chi connectivity index (χ1n) is 4.96. The van der Waals surface area contributed by atoms with Gasteiger partial charge >= 0.3 is 0 Å². The summed E-state index contributed by atoms with van der Waals surface area (Å²) in [7, 11) is 0. The summed E-state index contributed by atoms with van der Waals surface area (Å²) in [6.45, 7) is 0.624. The Kier molecular flexibility index (Phi) is 3.05. The third-order valence-corrected chi connectivity index (χ3v) is 2.18. The van der Waals surface area contributed by atoms with Crippen LogP contribution in [0.15, 0.2) is 42.7 Å². The van der Waals surface area contributed by atoms with Crippen LogP contribution < -0.4 is 5.73 Å². The van der Waals surface area contributed by atoms with Gasteiger partial charge in [0.2, 0.25) is 0 Å². The molecule has 0 aromatic carbocycles. The van der Waals surface area contributed by atoms with Crippen molar-refractivity contribution in [1.82, 2.24) is 9.97 Å². The number of hydrogen-bond donors (Lipinski definition) is 1. The SMILES string of the molecule is NCCc1cc(-c2ccccn2)ccn1. The fourth-order valence-electron chi connectivity index (χ4n) is 1.46. The lowest BCUT2D eigenvalue weighted by molar-refractivity contribution is 0.923. The summed E-state index contributed by atoms with van der Waals surface area (Å²) in [4.78, 5) is 8.54. The topological polar surface area (TPSA) is 51.8 Å². The highest BCUT2D eigenvalue weighted by molar-refractivity contribution is 5.58. The highest BCUT2D eigenvalue weighted by Crippen LogP contribution is 2.16. The minimum atomic E-state index is 0.624. The summed E-state index contributed by atoms with van der Waals surface area (Å²) in [5, 5.41) is 0. The summed E-state index contributed by atoms with van der Waals surface area (Å²) in [6.07, 6.45) is 4.40. The number of nitrogens with zero attached hydrogens (tertiary/aromatic N) is 2. The minimum Gasteiger partial charge on any atom is -0.330 e. The first-order valence-corrected chi connectivity index (χ1v) is 4.96. The molecular formula is C12H13N3. The molecule has 0 unspecified atom stereocenters. The van der Waals surface area contributed by atoms with Crippen molar-refractivity contribution in [3.63, 3.8) is 0 Å². The molecule has 0 spiro atoms. The smallest absolute Gasteiger partial charge is 0.0703 e. The van der Waals surface area contributed by atoms with Crippen LogP contribution in [0.2, 0.25) is 0 Å². The summed E-state index contributed by atoms with van der Waals surface area (Å²) in [5.41, 5.74) is 8.57. The summed E-state index contributed by atoms with van der Waals surface area (Å²) < 4.78 is 0. The van der Waals surface area contributed by atoms with Gasteiger partial charge in [-0.1, -0.05) is 6.07 Å². The molecule has 0 amide bonds. The second-order valence-electron chi connectivity index (χ2n) is 3.29. The first kappa shape index (κ1) is 9.80. The van der Waals surface area contributed by atoms with E-state index >= 15 is 0 Å². The second kappa shape index (κ2) is 4.66. The van der Waals surface area contributed by atoms with Crippen molar-refractivity contribution >= 4 is 0 Å². The Hall–Kier alpha value is -1.74. The van der Waals surface area contributed by atoms with Crippen molar-refractivity contribution in [1.29, 1.82) is 0 Å². The van der Waals surface area contributed by atoms with Crippen LogP contribution in [0.4, 0.5) is 0 Å². The van der Waals surface area contributed by atoms with Gasteiger partial charge in [-0.3, -0.25) is 9.97 Å². The number of hydrogen-bond acceptors (Lipinski definition) is 3. The van der Waals surface area contributed by atoms with Crippen molar-refractivity contribution in [2.45, 2.75) is 6.42 Å². The Labute approximate surface area is 89.0 Å². The lowest BCUT2D eigenvalue weighted by atomic mass is 10.1. The average Bonchev–Trinajstić information content (AvgIpc) is 2.31. The number of aromatic nitrogens is 2. The van der Waals surface area contributed by atoms with Crippen LogP contribution in [0.25, 0.3) is 11.3 Å². The van der Waals surface area contributed by atoms with Crippen molar-refractivity contribution in [2.24, 2.45) is 5.73 Å². The molecule has 15 heavy (non-hydrogen) atoms. The zero-order chi connectivity index (χ0) is 10.5. The van der Waals surface area contributed by atoms with E-state index in [1.807, 2.05) is 30.3 Å². The van der Waals surface area contributed by atoms with Gasteiger partial charge in [0, 0.05) is 30.1 Å². The molecule has 0 saturated heterocycles. The maximum Gasteiger partial charge on any atom is 0.0703 e. The van der Waals surface area contributed by atoms with E-state index in [-0.39, 0.29) is 0 Å². The molecule has 0 fully saturated rings. The molecule has 0 aliphatic rings. The Balaban J connectivity index is 2.33. The molecule has 2 N–H and O–H groups in total. The summed E-state index contributed by atoms with van der Waals surface area (Å²) in [6, 6.07) is 9.87.